The number of amides is 1. The van der Waals surface area contributed by atoms with Crippen molar-refractivity contribution in [2.24, 2.45) is 0 Å². The van der Waals surface area contributed by atoms with Gasteiger partial charge in [0.1, 0.15) is 0 Å². The maximum Gasteiger partial charge on any atom is 0.252 e. The lowest BCUT2D eigenvalue weighted by molar-refractivity contribution is -0.0855. The van der Waals surface area contributed by atoms with Crippen molar-refractivity contribution >= 4 is 23.2 Å². The summed E-state index contributed by atoms with van der Waals surface area (Å²) in [7, 11) is 0. The Morgan fingerprint density at radius 3 is 3.06 bits per heavy atom. The first-order valence-corrected chi connectivity index (χ1v) is 6.08. The van der Waals surface area contributed by atoms with Crippen LogP contribution in [0, 0.1) is 0 Å². The van der Waals surface area contributed by atoms with Crippen molar-refractivity contribution in [3.05, 3.63) is 28.8 Å². The standard InChI is InChI=1S/C12H15ClN2O3/c13-11-9(2-1-3-10(11)14)12(16)15-6-8-7-17-4-5-18-8/h1-3,8H,4-7,14H2,(H,15,16). The van der Waals surface area contributed by atoms with Crippen LogP contribution in [0.15, 0.2) is 18.2 Å². The minimum atomic E-state index is -0.263. The molecule has 1 aliphatic rings. The molecular formula is C12H15ClN2O3. The smallest absolute Gasteiger partial charge is 0.252 e. The van der Waals surface area contributed by atoms with E-state index in [-0.39, 0.29) is 17.0 Å². The molecule has 1 amide bonds. The van der Waals surface area contributed by atoms with Gasteiger partial charge in [0.15, 0.2) is 0 Å². The molecule has 0 saturated carbocycles. The van der Waals surface area contributed by atoms with Crippen molar-refractivity contribution in [1.82, 2.24) is 5.32 Å². The number of hydrogen-bond acceptors (Lipinski definition) is 4. The minimum Gasteiger partial charge on any atom is -0.398 e. The van der Waals surface area contributed by atoms with E-state index < -0.39 is 0 Å². The fraction of sp³-hybridized carbons (Fsp3) is 0.417. The number of hydrogen-bond donors (Lipinski definition) is 2. The predicted molar refractivity (Wildman–Crippen MR) is 68.8 cm³/mol. The van der Waals surface area contributed by atoms with E-state index in [4.69, 9.17) is 26.8 Å². The third kappa shape index (κ3) is 3.13. The van der Waals surface area contributed by atoms with Gasteiger partial charge in [0.05, 0.1) is 42.2 Å². The molecule has 1 aliphatic heterocycles. The van der Waals surface area contributed by atoms with Crippen molar-refractivity contribution in [3.63, 3.8) is 0 Å². The van der Waals surface area contributed by atoms with E-state index in [0.717, 1.165) is 0 Å². The summed E-state index contributed by atoms with van der Waals surface area (Å²) in [6, 6.07) is 4.97. The van der Waals surface area contributed by atoms with Crippen LogP contribution in [0.25, 0.3) is 0 Å². The summed E-state index contributed by atoms with van der Waals surface area (Å²) >= 11 is 5.97. The number of benzene rings is 1. The summed E-state index contributed by atoms with van der Waals surface area (Å²) < 4.78 is 10.7. The van der Waals surface area contributed by atoms with E-state index in [1.54, 1.807) is 18.2 Å². The summed E-state index contributed by atoms with van der Waals surface area (Å²) in [6.45, 7) is 2.04. The van der Waals surface area contributed by atoms with Crippen LogP contribution in [-0.4, -0.2) is 38.4 Å². The second-order valence-corrected chi connectivity index (χ2v) is 4.36. The number of carbonyl (C=O) groups is 1. The molecule has 1 unspecified atom stereocenters. The molecule has 0 spiro atoms. The Balaban J connectivity index is 1.93. The highest BCUT2D eigenvalue weighted by Crippen LogP contribution is 2.22. The molecule has 1 aromatic rings. The van der Waals surface area contributed by atoms with Crippen LogP contribution < -0.4 is 11.1 Å². The topological polar surface area (TPSA) is 73.6 Å². The lowest BCUT2D eigenvalue weighted by atomic mass is 10.2. The number of anilines is 1. The molecule has 6 heteroatoms. The third-order valence-electron chi connectivity index (χ3n) is 2.65. The van der Waals surface area contributed by atoms with Crippen LogP contribution in [0.1, 0.15) is 10.4 Å². The summed E-state index contributed by atoms with van der Waals surface area (Å²) in [5, 5.41) is 3.03. The van der Waals surface area contributed by atoms with Crippen molar-refractivity contribution in [1.29, 1.82) is 0 Å². The normalized spacial score (nSPS) is 19.5. The second kappa shape index (κ2) is 6.04. The van der Waals surface area contributed by atoms with Crippen LogP contribution in [-0.2, 0) is 9.47 Å². The molecule has 3 N–H and O–H groups in total. The van der Waals surface area contributed by atoms with Crippen LogP contribution >= 0.6 is 11.6 Å². The molecule has 1 heterocycles. The summed E-state index contributed by atoms with van der Waals surface area (Å²) in [5.74, 6) is -0.263. The molecule has 0 radical (unpaired) electrons. The van der Waals surface area contributed by atoms with Gasteiger partial charge in [-0.15, -0.1) is 0 Å². The van der Waals surface area contributed by atoms with E-state index in [1.165, 1.54) is 0 Å². The van der Waals surface area contributed by atoms with Crippen molar-refractivity contribution < 1.29 is 14.3 Å². The lowest BCUT2D eigenvalue weighted by Gasteiger charge is -2.23. The molecule has 18 heavy (non-hydrogen) atoms. The average molecular weight is 271 g/mol. The van der Waals surface area contributed by atoms with Gasteiger partial charge < -0.3 is 20.5 Å². The Labute approximate surface area is 110 Å². The van der Waals surface area contributed by atoms with Crippen LogP contribution in [0.5, 0.6) is 0 Å². The SMILES string of the molecule is Nc1cccc(C(=O)NCC2COCCO2)c1Cl. The van der Waals surface area contributed by atoms with Gasteiger partial charge in [0, 0.05) is 6.54 Å². The van der Waals surface area contributed by atoms with Crippen molar-refractivity contribution in [2.45, 2.75) is 6.10 Å². The van der Waals surface area contributed by atoms with E-state index >= 15 is 0 Å². The molecule has 1 fully saturated rings. The molecule has 0 bridgehead atoms. The molecule has 0 aliphatic carbocycles. The molecule has 98 valence electrons. The summed E-state index contributed by atoms with van der Waals surface area (Å²) in [6.07, 6.45) is -0.109. The molecule has 5 nitrogen and oxygen atoms in total. The first-order valence-electron chi connectivity index (χ1n) is 5.70. The maximum absolute atomic E-state index is 11.9. The number of nitrogen functional groups attached to an aromatic ring is 1. The highest BCUT2D eigenvalue weighted by molar-refractivity contribution is 6.36. The van der Waals surface area contributed by atoms with Crippen LogP contribution in [0.4, 0.5) is 5.69 Å². The van der Waals surface area contributed by atoms with E-state index in [1.807, 2.05) is 0 Å². The molecular weight excluding hydrogens is 256 g/mol. The number of carbonyl (C=O) groups excluding carboxylic acids is 1. The lowest BCUT2D eigenvalue weighted by Crippen LogP contribution is -2.39. The van der Waals surface area contributed by atoms with Crippen LogP contribution in [0.3, 0.4) is 0 Å². The monoisotopic (exact) mass is 270 g/mol. The largest absolute Gasteiger partial charge is 0.398 e. The Bertz CT molecular complexity index is 433. The van der Waals surface area contributed by atoms with Gasteiger partial charge >= 0.3 is 0 Å². The van der Waals surface area contributed by atoms with Gasteiger partial charge in [-0.2, -0.15) is 0 Å². The Hall–Kier alpha value is -1.30. The first kappa shape index (κ1) is 13.1. The Morgan fingerprint density at radius 1 is 1.50 bits per heavy atom. The zero-order valence-electron chi connectivity index (χ0n) is 9.82. The quantitative estimate of drug-likeness (QED) is 0.806. The zero-order valence-corrected chi connectivity index (χ0v) is 10.6. The van der Waals surface area contributed by atoms with Crippen molar-refractivity contribution in [3.8, 4) is 0 Å². The summed E-state index contributed by atoms with van der Waals surface area (Å²) in [4.78, 5) is 11.9. The number of halogens is 1. The van der Waals surface area contributed by atoms with Crippen LogP contribution in [0.2, 0.25) is 5.02 Å². The van der Waals surface area contributed by atoms with Gasteiger partial charge in [-0.05, 0) is 12.1 Å². The van der Waals surface area contributed by atoms with E-state index in [0.29, 0.717) is 37.6 Å². The van der Waals surface area contributed by atoms with Gasteiger partial charge in [0.2, 0.25) is 0 Å². The average Bonchev–Trinajstić information content (AvgIpc) is 2.40. The third-order valence-corrected chi connectivity index (χ3v) is 3.07. The Morgan fingerprint density at radius 2 is 2.33 bits per heavy atom. The molecule has 1 saturated heterocycles. The molecule has 1 atom stereocenters. The zero-order chi connectivity index (χ0) is 13.0. The molecule has 2 rings (SSSR count). The number of nitrogens with two attached hydrogens (primary N) is 1. The fourth-order valence-electron chi connectivity index (χ4n) is 1.68. The number of rotatable bonds is 3. The molecule has 0 aromatic heterocycles. The number of ether oxygens (including phenoxy) is 2. The van der Waals surface area contributed by atoms with E-state index in [9.17, 15) is 4.79 Å². The van der Waals surface area contributed by atoms with Crippen molar-refractivity contribution in [2.75, 3.05) is 32.1 Å². The Kier molecular flexibility index (Phi) is 4.41. The second-order valence-electron chi connectivity index (χ2n) is 3.99. The van der Waals surface area contributed by atoms with Gasteiger partial charge in [0.25, 0.3) is 5.91 Å². The number of nitrogens with one attached hydrogen (secondary N) is 1. The highest BCUT2D eigenvalue weighted by Gasteiger charge is 2.17. The fourth-order valence-corrected chi connectivity index (χ4v) is 1.89. The predicted octanol–water partition coefficient (Wildman–Crippen LogP) is 1.07. The maximum atomic E-state index is 11.9. The summed E-state index contributed by atoms with van der Waals surface area (Å²) in [5.41, 5.74) is 6.40. The van der Waals surface area contributed by atoms with Gasteiger partial charge in [-0.25, -0.2) is 0 Å². The van der Waals surface area contributed by atoms with Gasteiger partial charge in [-0.3, -0.25) is 4.79 Å². The van der Waals surface area contributed by atoms with E-state index in [2.05, 4.69) is 5.32 Å². The minimum absolute atomic E-state index is 0.109. The van der Waals surface area contributed by atoms with Gasteiger partial charge in [-0.1, -0.05) is 17.7 Å². The highest BCUT2D eigenvalue weighted by atomic mass is 35.5. The molecule has 1 aromatic carbocycles. The first-order chi connectivity index (χ1) is 8.68.